The summed E-state index contributed by atoms with van der Waals surface area (Å²) in [4.78, 5) is 11.1. The number of nitrogens with zero attached hydrogens (tertiary/aromatic N) is 3. The minimum Gasteiger partial charge on any atom is -0.496 e. The van der Waals surface area contributed by atoms with Gasteiger partial charge >= 0.3 is 0 Å². The Morgan fingerprint density at radius 1 is 1.21 bits per heavy atom. The van der Waals surface area contributed by atoms with E-state index < -0.39 is 0 Å². The Labute approximate surface area is 173 Å². The topological polar surface area (TPSA) is 61.8 Å². The Kier molecular flexibility index (Phi) is 9.04. The largest absolute Gasteiger partial charge is 0.496 e. The first-order valence-corrected chi connectivity index (χ1v) is 9.84. The molecule has 1 aromatic heterocycles. The summed E-state index contributed by atoms with van der Waals surface area (Å²) in [6.07, 6.45) is 2.65. The molecule has 1 heterocycles. The first kappa shape index (κ1) is 22.0. The molecule has 0 aliphatic heterocycles. The molecule has 152 valence electrons. The quantitative estimate of drug-likeness (QED) is 0.382. The Bertz CT molecular complexity index is 749. The molecular weight excluding hydrogens is 374 g/mol. The maximum absolute atomic E-state index is 5.84. The van der Waals surface area contributed by atoms with Crippen LogP contribution in [-0.4, -0.2) is 56.7 Å². The maximum Gasteiger partial charge on any atom is 0.191 e. The average Bonchev–Trinajstić information content (AvgIpc) is 2.69. The molecule has 1 aromatic carbocycles. The highest BCUT2D eigenvalue weighted by Gasteiger charge is 2.18. The van der Waals surface area contributed by atoms with Crippen LogP contribution in [0.4, 0.5) is 0 Å². The number of guanidine groups is 1. The second kappa shape index (κ2) is 11.5. The highest BCUT2D eigenvalue weighted by molar-refractivity contribution is 6.29. The molecule has 0 radical (unpaired) electrons. The number of methoxy groups -OCH3 is 1. The van der Waals surface area contributed by atoms with Crippen molar-refractivity contribution in [1.82, 2.24) is 20.5 Å². The van der Waals surface area contributed by atoms with Crippen LogP contribution in [0, 0.1) is 0 Å². The molecule has 6 nitrogen and oxygen atoms in total. The summed E-state index contributed by atoms with van der Waals surface area (Å²) in [5.41, 5.74) is 2.26. The molecule has 0 fully saturated rings. The SMILES string of the molecule is CCNC(=NCC(c1ccccc1OC)N(C)C)NCCc1ccc(Cl)nc1. The molecule has 7 heteroatoms. The summed E-state index contributed by atoms with van der Waals surface area (Å²) >= 11 is 5.84. The number of ether oxygens (including phenoxy) is 1. The van der Waals surface area contributed by atoms with Gasteiger partial charge in [-0.3, -0.25) is 4.99 Å². The van der Waals surface area contributed by atoms with Crippen LogP contribution in [0.15, 0.2) is 47.6 Å². The van der Waals surface area contributed by atoms with Crippen LogP contribution in [0.5, 0.6) is 5.75 Å². The van der Waals surface area contributed by atoms with Gasteiger partial charge in [-0.15, -0.1) is 0 Å². The fourth-order valence-corrected chi connectivity index (χ4v) is 2.99. The Balaban J connectivity index is 2.03. The molecule has 0 bridgehead atoms. The normalized spacial score (nSPS) is 12.7. The number of hydrogen-bond donors (Lipinski definition) is 2. The third kappa shape index (κ3) is 6.69. The van der Waals surface area contributed by atoms with Crippen LogP contribution < -0.4 is 15.4 Å². The monoisotopic (exact) mass is 403 g/mol. The van der Waals surface area contributed by atoms with Crippen LogP contribution in [-0.2, 0) is 6.42 Å². The van der Waals surface area contributed by atoms with E-state index in [1.165, 1.54) is 0 Å². The number of aromatic nitrogens is 1. The number of likely N-dealkylation sites (N-methyl/N-ethyl adjacent to an activating group) is 1. The second-order valence-electron chi connectivity index (χ2n) is 6.61. The van der Waals surface area contributed by atoms with Crippen molar-refractivity contribution >= 4 is 17.6 Å². The number of pyridine rings is 1. The lowest BCUT2D eigenvalue weighted by Gasteiger charge is -2.25. The van der Waals surface area contributed by atoms with E-state index in [9.17, 15) is 0 Å². The molecule has 0 aliphatic rings. The van der Waals surface area contributed by atoms with Gasteiger partial charge in [0.1, 0.15) is 10.9 Å². The Hall–Kier alpha value is -2.31. The molecular formula is C21H30ClN5O. The zero-order chi connectivity index (χ0) is 20.4. The van der Waals surface area contributed by atoms with Gasteiger partial charge in [-0.25, -0.2) is 4.98 Å². The van der Waals surface area contributed by atoms with Crippen molar-refractivity contribution in [3.8, 4) is 5.75 Å². The van der Waals surface area contributed by atoms with E-state index in [0.29, 0.717) is 11.7 Å². The number of para-hydroxylation sites is 1. The summed E-state index contributed by atoms with van der Waals surface area (Å²) in [5.74, 6) is 1.68. The highest BCUT2D eigenvalue weighted by Crippen LogP contribution is 2.28. The predicted molar refractivity (Wildman–Crippen MR) is 116 cm³/mol. The van der Waals surface area contributed by atoms with Crippen molar-refractivity contribution in [3.63, 3.8) is 0 Å². The summed E-state index contributed by atoms with van der Waals surface area (Å²) in [6, 6.07) is 12.0. The summed E-state index contributed by atoms with van der Waals surface area (Å²) in [7, 11) is 5.81. The third-order valence-corrected chi connectivity index (χ3v) is 4.61. The second-order valence-corrected chi connectivity index (χ2v) is 6.99. The van der Waals surface area contributed by atoms with Crippen molar-refractivity contribution in [2.24, 2.45) is 4.99 Å². The molecule has 28 heavy (non-hydrogen) atoms. The predicted octanol–water partition coefficient (Wildman–Crippen LogP) is 3.14. The molecule has 2 N–H and O–H groups in total. The molecule has 2 aromatic rings. The fourth-order valence-electron chi connectivity index (χ4n) is 2.88. The molecule has 2 rings (SSSR count). The summed E-state index contributed by atoms with van der Waals surface area (Å²) in [6.45, 7) is 4.24. The molecule has 0 saturated carbocycles. The van der Waals surface area contributed by atoms with E-state index in [-0.39, 0.29) is 6.04 Å². The average molecular weight is 404 g/mol. The third-order valence-electron chi connectivity index (χ3n) is 4.38. The number of aliphatic imine (C=N–C) groups is 1. The highest BCUT2D eigenvalue weighted by atomic mass is 35.5. The van der Waals surface area contributed by atoms with Crippen LogP contribution in [0.25, 0.3) is 0 Å². The minimum absolute atomic E-state index is 0.118. The van der Waals surface area contributed by atoms with Crippen molar-refractivity contribution < 1.29 is 4.74 Å². The summed E-state index contributed by atoms with van der Waals surface area (Å²) < 4.78 is 5.53. The van der Waals surface area contributed by atoms with Gasteiger partial charge in [-0.2, -0.15) is 0 Å². The van der Waals surface area contributed by atoms with Crippen molar-refractivity contribution in [1.29, 1.82) is 0 Å². The number of halogens is 1. The van der Waals surface area contributed by atoms with Crippen molar-refractivity contribution in [2.75, 3.05) is 40.8 Å². The van der Waals surface area contributed by atoms with Gasteiger partial charge in [0, 0.05) is 24.8 Å². The lowest BCUT2D eigenvalue weighted by atomic mass is 10.0. The number of nitrogens with one attached hydrogen (secondary N) is 2. The van der Waals surface area contributed by atoms with Crippen LogP contribution >= 0.6 is 11.6 Å². The molecule has 1 unspecified atom stereocenters. The first-order valence-electron chi connectivity index (χ1n) is 9.47. The lowest BCUT2D eigenvalue weighted by molar-refractivity contribution is 0.295. The Morgan fingerprint density at radius 2 is 2.00 bits per heavy atom. The molecule has 0 spiro atoms. The van der Waals surface area contributed by atoms with Gasteiger partial charge in [-0.05, 0) is 45.1 Å². The van der Waals surface area contributed by atoms with Crippen molar-refractivity contribution in [3.05, 3.63) is 58.9 Å². The zero-order valence-electron chi connectivity index (χ0n) is 17.1. The molecule has 0 amide bonds. The van der Waals surface area contributed by atoms with Gasteiger partial charge in [0.25, 0.3) is 0 Å². The standard InChI is InChI=1S/C21H30ClN5O/c1-5-23-21(24-13-12-16-10-11-20(22)25-14-16)26-15-18(27(2)3)17-8-6-7-9-19(17)28-4/h6-11,14,18H,5,12-13,15H2,1-4H3,(H2,23,24,26). The maximum atomic E-state index is 5.84. The van der Waals surface area contributed by atoms with E-state index in [1.807, 2.05) is 30.3 Å². The van der Waals surface area contributed by atoms with E-state index in [2.05, 4.69) is 47.6 Å². The number of rotatable bonds is 9. The molecule has 0 aliphatic carbocycles. The molecule has 1 atom stereocenters. The van der Waals surface area contributed by atoms with Crippen LogP contribution in [0.3, 0.4) is 0 Å². The van der Waals surface area contributed by atoms with Gasteiger partial charge in [0.05, 0.1) is 19.7 Å². The summed E-state index contributed by atoms with van der Waals surface area (Å²) in [5, 5.41) is 7.20. The number of benzene rings is 1. The van der Waals surface area contributed by atoms with Gasteiger partial charge in [-0.1, -0.05) is 35.9 Å². The fraction of sp³-hybridized carbons (Fsp3) is 0.429. The Morgan fingerprint density at radius 3 is 2.64 bits per heavy atom. The van der Waals surface area contributed by atoms with Gasteiger partial charge in [0.15, 0.2) is 5.96 Å². The van der Waals surface area contributed by atoms with E-state index in [0.717, 1.165) is 42.3 Å². The van der Waals surface area contributed by atoms with Crippen LogP contribution in [0.1, 0.15) is 24.1 Å². The van der Waals surface area contributed by atoms with E-state index >= 15 is 0 Å². The smallest absolute Gasteiger partial charge is 0.191 e. The molecule has 0 saturated heterocycles. The first-order chi connectivity index (χ1) is 13.5. The van der Waals surface area contributed by atoms with Crippen molar-refractivity contribution in [2.45, 2.75) is 19.4 Å². The van der Waals surface area contributed by atoms with E-state index in [1.54, 1.807) is 13.3 Å². The lowest BCUT2D eigenvalue weighted by Crippen LogP contribution is -2.39. The van der Waals surface area contributed by atoms with Gasteiger partial charge in [0.2, 0.25) is 0 Å². The van der Waals surface area contributed by atoms with E-state index in [4.69, 9.17) is 21.3 Å². The van der Waals surface area contributed by atoms with Gasteiger partial charge < -0.3 is 20.3 Å². The van der Waals surface area contributed by atoms with Crippen LogP contribution in [0.2, 0.25) is 5.15 Å². The zero-order valence-corrected chi connectivity index (χ0v) is 17.8. The minimum atomic E-state index is 0.118. The number of hydrogen-bond acceptors (Lipinski definition) is 4.